The number of aryl methyl sites for hydroxylation is 2. The van der Waals surface area contributed by atoms with Crippen LogP contribution in [0.2, 0.25) is 0 Å². The Kier molecular flexibility index (Phi) is 8.25. The van der Waals surface area contributed by atoms with E-state index in [1.807, 2.05) is 54.6 Å². The summed E-state index contributed by atoms with van der Waals surface area (Å²) >= 11 is 0. The van der Waals surface area contributed by atoms with Crippen LogP contribution in [0, 0.1) is 6.92 Å². The van der Waals surface area contributed by atoms with Crippen LogP contribution in [0.25, 0.3) is 0 Å². The first-order chi connectivity index (χ1) is 21.3. The molecule has 0 saturated heterocycles. The van der Waals surface area contributed by atoms with Crippen LogP contribution in [-0.4, -0.2) is 46.0 Å². The number of benzene rings is 4. The summed E-state index contributed by atoms with van der Waals surface area (Å²) in [6.07, 6.45) is 0.691. The number of fused-ring (bicyclic) bond motifs is 2. The van der Waals surface area contributed by atoms with Crippen LogP contribution < -0.4 is 24.0 Å². The van der Waals surface area contributed by atoms with Crippen LogP contribution in [0.15, 0.2) is 102 Å². The highest BCUT2D eigenvalue weighted by atomic mass is 32.2. The average Bonchev–Trinajstić information content (AvgIpc) is 3.06. The Balaban J connectivity index is 1.14. The fourth-order valence-electron chi connectivity index (χ4n) is 5.54. The number of nitrogens with zero attached hydrogens (tertiary/aromatic N) is 2. The molecule has 226 valence electrons. The highest BCUT2D eigenvalue weighted by Crippen LogP contribution is 2.35. The molecule has 2 aliphatic heterocycles. The van der Waals surface area contributed by atoms with Crippen molar-refractivity contribution < 1.29 is 27.5 Å². The molecule has 4 aromatic rings. The maximum absolute atomic E-state index is 13.6. The van der Waals surface area contributed by atoms with Gasteiger partial charge in [-0.15, -0.1) is 0 Å². The van der Waals surface area contributed by atoms with Crippen LogP contribution in [0.1, 0.15) is 23.1 Å². The summed E-state index contributed by atoms with van der Waals surface area (Å²) < 4.78 is 40.5. The number of hydrogen-bond acceptors (Lipinski definition) is 6. The van der Waals surface area contributed by atoms with E-state index in [1.165, 1.54) is 15.3 Å². The van der Waals surface area contributed by atoms with Gasteiger partial charge in [0.25, 0.3) is 21.8 Å². The first-order valence-corrected chi connectivity index (χ1v) is 16.0. The second-order valence-corrected chi connectivity index (χ2v) is 12.7. The SMILES string of the molecule is Cc1cc(S(=O)(=O)N2CCCc3ccccc32)ccc1OCC(=O)N1C[C@@H](C(=O)NCc2ccccc2)Oc2ccccc21. The van der Waals surface area contributed by atoms with Crippen molar-refractivity contribution in [2.75, 3.05) is 28.9 Å². The molecule has 0 bridgehead atoms. The van der Waals surface area contributed by atoms with Crippen molar-refractivity contribution in [3.05, 3.63) is 114 Å². The molecule has 0 radical (unpaired) electrons. The lowest BCUT2D eigenvalue weighted by Gasteiger charge is -2.34. The van der Waals surface area contributed by atoms with Crippen LogP contribution in [0.5, 0.6) is 11.5 Å². The predicted molar refractivity (Wildman–Crippen MR) is 167 cm³/mol. The number of ether oxygens (including phenoxy) is 2. The molecule has 44 heavy (non-hydrogen) atoms. The maximum atomic E-state index is 13.6. The second kappa shape index (κ2) is 12.4. The van der Waals surface area contributed by atoms with Gasteiger partial charge >= 0.3 is 0 Å². The van der Waals surface area contributed by atoms with Gasteiger partial charge in [-0.05, 0) is 72.9 Å². The van der Waals surface area contributed by atoms with E-state index in [0.717, 1.165) is 24.0 Å². The van der Waals surface area contributed by atoms with Crippen LogP contribution in [-0.2, 0) is 32.6 Å². The monoisotopic (exact) mass is 611 g/mol. The van der Waals surface area contributed by atoms with Crippen LogP contribution >= 0.6 is 0 Å². The number of para-hydroxylation sites is 3. The van der Waals surface area contributed by atoms with E-state index in [9.17, 15) is 18.0 Å². The average molecular weight is 612 g/mol. The van der Waals surface area contributed by atoms with Crippen LogP contribution in [0.3, 0.4) is 0 Å². The van der Waals surface area contributed by atoms with Crippen molar-refractivity contribution in [3.63, 3.8) is 0 Å². The van der Waals surface area contributed by atoms with Gasteiger partial charge in [0.2, 0.25) is 0 Å². The minimum atomic E-state index is -3.78. The third-order valence-corrected chi connectivity index (χ3v) is 9.64. The minimum absolute atomic E-state index is 0.0211. The minimum Gasteiger partial charge on any atom is -0.483 e. The molecule has 0 spiro atoms. The molecule has 2 aliphatic rings. The summed E-state index contributed by atoms with van der Waals surface area (Å²) in [5, 5.41) is 2.89. The molecular formula is C34H33N3O6S. The lowest BCUT2D eigenvalue weighted by Crippen LogP contribution is -2.51. The third-order valence-electron chi connectivity index (χ3n) is 7.83. The zero-order valence-corrected chi connectivity index (χ0v) is 25.1. The van der Waals surface area contributed by atoms with E-state index in [0.29, 0.717) is 41.5 Å². The standard InChI is InChI=1S/C34H33N3O6S/c1-24-20-27(44(40,41)37-19-9-13-26-12-5-6-14-28(26)37)17-18-30(24)42-23-33(38)36-22-32(43-31-16-8-7-15-29(31)36)34(39)35-21-25-10-3-2-4-11-25/h2-8,10-12,14-18,20,32H,9,13,19,21-23H2,1H3,(H,35,39)/t32-/m0/s1. The fraction of sp³-hybridized carbons (Fsp3) is 0.235. The first-order valence-electron chi connectivity index (χ1n) is 14.5. The number of amides is 2. The zero-order chi connectivity index (χ0) is 30.7. The number of nitrogens with one attached hydrogen (secondary N) is 1. The summed E-state index contributed by atoms with van der Waals surface area (Å²) in [7, 11) is -3.78. The first kappa shape index (κ1) is 29.3. The molecule has 4 aromatic carbocycles. The van der Waals surface area contributed by atoms with E-state index in [-0.39, 0.29) is 29.9 Å². The second-order valence-electron chi connectivity index (χ2n) is 10.8. The van der Waals surface area contributed by atoms with Gasteiger partial charge in [0.15, 0.2) is 12.7 Å². The number of carbonyl (C=O) groups is 2. The van der Waals surface area contributed by atoms with Gasteiger partial charge in [0.1, 0.15) is 11.5 Å². The predicted octanol–water partition coefficient (Wildman–Crippen LogP) is 4.63. The molecule has 1 N–H and O–H groups in total. The molecule has 0 aromatic heterocycles. The smallest absolute Gasteiger partial charge is 0.265 e. The Morgan fingerprint density at radius 1 is 0.932 bits per heavy atom. The normalized spacial score (nSPS) is 15.9. The summed E-state index contributed by atoms with van der Waals surface area (Å²) in [5.41, 5.74) is 3.81. The van der Waals surface area contributed by atoms with Crippen molar-refractivity contribution >= 4 is 33.2 Å². The number of rotatable bonds is 8. The molecule has 9 nitrogen and oxygen atoms in total. The Labute approximate surface area is 257 Å². The van der Waals surface area contributed by atoms with E-state index >= 15 is 0 Å². The lowest BCUT2D eigenvalue weighted by molar-refractivity contribution is -0.128. The Morgan fingerprint density at radius 3 is 2.45 bits per heavy atom. The van der Waals surface area contributed by atoms with E-state index in [1.54, 1.807) is 43.3 Å². The Bertz CT molecular complexity index is 1790. The van der Waals surface area contributed by atoms with Crippen molar-refractivity contribution in [2.45, 2.75) is 37.3 Å². The van der Waals surface area contributed by atoms with E-state index in [4.69, 9.17) is 9.47 Å². The van der Waals surface area contributed by atoms with E-state index in [2.05, 4.69) is 5.32 Å². The molecule has 10 heteroatoms. The molecular weight excluding hydrogens is 578 g/mol. The van der Waals surface area contributed by atoms with Gasteiger partial charge in [-0.25, -0.2) is 8.42 Å². The van der Waals surface area contributed by atoms with Crippen LogP contribution in [0.4, 0.5) is 11.4 Å². The van der Waals surface area contributed by atoms with Gasteiger partial charge in [0, 0.05) is 13.1 Å². The van der Waals surface area contributed by atoms with Crippen molar-refractivity contribution in [1.82, 2.24) is 5.32 Å². The zero-order valence-electron chi connectivity index (χ0n) is 24.3. The molecule has 6 rings (SSSR count). The largest absolute Gasteiger partial charge is 0.483 e. The molecule has 0 saturated carbocycles. The molecule has 2 heterocycles. The van der Waals surface area contributed by atoms with Crippen molar-refractivity contribution in [1.29, 1.82) is 0 Å². The molecule has 0 fully saturated rings. The number of sulfonamides is 1. The van der Waals surface area contributed by atoms with E-state index < -0.39 is 16.1 Å². The molecule has 0 aliphatic carbocycles. The van der Waals surface area contributed by atoms with Gasteiger partial charge in [-0.1, -0.05) is 60.7 Å². The van der Waals surface area contributed by atoms with Gasteiger partial charge in [-0.3, -0.25) is 13.9 Å². The number of hydrogen-bond donors (Lipinski definition) is 1. The highest BCUT2D eigenvalue weighted by Gasteiger charge is 2.34. The third kappa shape index (κ3) is 5.98. The van der Waals surface area contributed by atoms with Crippen molar-refractivity contribution in [3.8, 4) is 11.5 Å². The van der Waals surface area contributed by atoms with Gasteiger partial charge in [-0.2, -0.15) is 0 Å². The molecule has 1 atom stereocenters. The summed E-state index contributed by atoms with van der Waals surface area (Å²) in [6, 6.07) is 28.8. The van der Waals surface area contributed by atoms with Gasteiger partial charge in [0.05, 0.1) is 22.8 Å². The quantitative estimate of drug-likeness (QED) is 0.312. The van der Waals surface area contributed by atoms with Crippen molar-refractivity contribution in [2.24, 2.45) is 0 Å². The number of anilines is 2. The molecule has 2 amide bonds. The maximum Gasteiger partial charge on any atom is 0.265 e. The molecule has 0 unspecified atom stereocenters. The highest BCUT2D eigenvalue weighted by molar-refractivity contribution is 7.92. The topological polar surface area (TPSA) is 105 Å². The van der Waals surface area contributed by atoms with Gasteiger partial charge < -0.3 is 19.7 Å². The number of carbonyl (C=O) groups excluding carboxylic acids is 2. The Morgan fingerprint density at radius 2 is 1.66 bits per heavy atom. The lowest BCUT2D eigenvalue weighted by atomic mass is 10.0. The summed E-state index contributed by atoms with van der Waals surface area (Å²) in [6.45, 7) is 2.22. The summed E-state index contributed by atoms with van der Waals surface area (Å²) in [4.78, 5) is 28.1. The summed E-state index contributed by atoms with van der Waals surface area (Å²) in [5.74, 6) is 0.140. The Hall–Kier alpha value is -4.83. The fourth-order valence-corrected chi connectivity index (χ4v) is 7.17.